The Morgan fingerprint density at radius 1 is 0.886 bits per heavy atom. The van der Waals surface area contributed by atoms with Crippen molar-refractivity contribution < 1.29 is 9.47 Å². The molecule has 5 nitrogen and oxygen atoms in total. The number of ether oxygens (including phenoxy) is 2. The highest BCUT2D eigenvalue weighted by Crippen LogP contribution is 2.46. The number of rotatable bonds is 5. The van der Waals surface area contributed by atoms with Crippen molar-refractivity contribution in [2.24, 2.45) is 5.92 Å². The van der Waals surface area contributed by atoms with Crippen LogP contribution in [0, 0.1) is 26.7 Å². The van der Waals surface area contributed by atoms with E-state index in [4.69, 9.17) is 9.47 Å². The average molecular weight is 478 g/mol. The van der Waals surface area contributed by atoms with Crippen LogP contribution in [0.2, 0.25) is 0 Å². The minimum atomic E-state index is -0.128. The van der Waals surface area contributed by atoms with Crippen molar-refractivity contribution in [1.82, 2.24) is 4.90 Å². The van der Waals surface area contributed by atoms with Gasteiger partial charge in [-0.25, -0.2) is 0 Å². The smallest absolute Gasteiger partial charge is 0.127 e. The van der Waals surface area contributed by atoms with Gasteiger partial charge in [-0.15, -0.1) is 0 Å². The lowest BCUT2D eigenvalue weighted by atomic mass is 9.90. The molecule has 0 saturated carbocycles. The molecule has 2 fully saturated rings. The average Bonchev–Trinajstić information content (AvgIpc) is 3.22. The van der Waals surface area contributed by atoms with Gasteiger partial charge in [0.1, 0.15) is 17.1 Å². The number of piperazine rings is 1. The molecule has 0 radical (unpaired) electrons. The Kier molecular flexibility index (Phi) is 6.65. The second-order valence-electron chi connectivity index (χ2n) is 11.4. The first-order valence-corrected chi connectivity index (χ1v) is 13.5. The zero-order valence-electron chi connectivity index (χ0n) is 22.6. The molecule has 3 heterocycles. The van der Waals surface area contributed by atoms with E-state index < -0.39 is 0 Å². The number of nitrogens with zero attached hydrogens (tertiary/aromatic N) is 3. The van der Waals surface area contributed by atoms with Crippen LogP contribution in [-0.4, -0.2) is 63.4 Å². The van der Waals surface area contributed by atoms with E-state index in [0.29, 0.717) is 0 Å². The molecule has 3 aliphatic rings. The monoisotopic (exact) mass is 477 g/mol. The highest BCUT2D eigenvalue weighted by Gasteiger charge is 2.40. The van der Waals surface area contributed by atoms with Gasteiger partial charge >= 0.3 is 0 Å². The van der Waals surface area contributed by atoms with Gasteiger partial charge in [-0.3, -0.25) is 4.90 Å². The number of hydrogen-bond donors (Lipinski definition) is 0. The van der Waals surface area contributed by atoms with E-state index in [0.717, 1.165) is 56.6 Å². The molecule has 5 heteroatoms. The van der Waals surface area contributed by atoms with Crippen molar-refractivity contribution in [3.8, 4) is 11.5 Å². The first-order chi connectivity index (χ1) is 16.8. The van der Waals surface area contributed by atoms with Gasteiger partial charge in [0.25, 0.3) is 0 Å². The molecule has 0 spiro atoms. The van der Waals surface area contributed by atoms with Crippen LogP contribution in [0.1, 0.15) is 48.9 Å². The fourth-order valence-electron chi connectivity index (χ4n) is 6.41. The van der Waals surface area contributed by atoms with Crippen molar-refractivity contribution >= 4 is 11.4 Å². The molecular formula is C30H43N3O2. The number of hydrogen-bond acceptors (Lipinski definition) is 5. The Bertz CT molecular complexity index is 1050. The van der Waals surface area contributed by atoms with Gasteiger partial charge in [0, 0.05) is 56.1 Å². The largest absolute Gasteiger partial charge is 0.497 e. The standard InChI is InChI=1S/C30H43N3O2/c1-21-11-13-31(14-12-21)20-30(5)19-27-24(4)28(22(2)23(3)29(27)35-30)33-17-15-32(16-18-33)25-7-9-26(34-6)10-8-25/h7-10,21H,11-20H2,1-6H3. The predicted octanol–water partition coefficient (Wildman–Crippen LogP) is 5.37. The molecule has 0 aromatic heterocycles. The Morgan fingerprint density at radius 3 is 2.14 bits per heavy atom. The molecule has 0 aliphatic carbocycles. The van der Waals surface area contributed by atoms with Gasteiger partial charge in [0.15, 0.2) is 0 Å². The topological polar surface area (TPSA) is 28.2 Å². The van der Waals surface area contributed by atoms with Gasteiger partial charge in [-0.1, -0.05) is 6.92 Å². The zero-order valence-corrected chi connectivity index (χ0v) is 22.6. The van der Waals surface area contributed by atoms with E-state index in [9.17, 15) is 0 Å². The molecule has 0 N–H and O–H groups in total. The van der Waals surface area contributed by atoms with Gasteiger partial charge < -0.3 is 19.3 Å². The summed E-state index contributed by atoms with van der Waals surface area (Å²) in [5.41, 5.74) is 8.17. The third kappa shape index (κ3) is 4.72. The predicted molar refractivity (Wildman–Crippen MR) is 146 cm³/mol. The molecule has 35 heavy (non-hydrogen) atoms. The zero-order chi connectivity index (χ0) is 24.7. The molecule has 0 bridgehead atoms. The van der Waals surface area contributed by atoms with E-state index in [1.54, 1.807) is 7.11 Å². The summed E-state index contributed by atoms with van der Waals surface area (Å²) in [7, 11) is 1.72. The van der Waals surface area contributed by atoms with Gasteiger partial charge in [-0.05, 0) is 100 Å². The molecule has 5 rings (SSSR count). The highest BCUT2D eigenvalue weighted by atomic mass is 16.5. The van der Waals surface area contributed by atoms with Crippen LogP contribution in [-0.2, 0) is 6.42 Å². The maximum absolute atomic E-state index is 6.77. The van der Waals surface area contributed by atoms with Crippen LogP contribution in [0.5, 0.6) is 11.5 Å². The third-order valence-corrected chi connectivity index (χ3v) is 8.71. The molecule has 190 valence electrons. The number of benzene rings is 2. The van der Waals surface area contributed by atoms with E-state index in [2.05, 4.69) is 73.6 Å². The molecule has 1 atom stereocenters. The Balaban J connectivity index is 1.31. The summed E-state index contributed by atoms with van der Waals surface area (Å²) in [6.07, 6.45) is 3.64. The van der Waals surface area contributed by atoms with E-state index >= 15 is 0 Å². The Hall–Kier alpha value is -2.40. The molecule has 2 aromatic carbocycles. The summed E-state index contributed by atoms with van der Waals surface area (Å²) in [5.74, 6) is 2.94. The lowest BCUT2D eigenvalue weighted by Gasteiger charge is -2.39. The van der Waals surface area contributed by atoms with E-state index in [-0.39, 0.29) is 5.60 Å². The third-order valence-electron chi connectivity index (χ3n) is 8.71. The lowest BCUT2D eigenvalue weighted by Crippen LogP contribution is -2.47. The van der Waals surface area contributed by atoms with Crippen molar-refractivity contribution in [3.05, 3.63) is 46.5 Å². The SMILES string of the molecule is COc1ccc(N2CCN(c3c(C)c(C)c4c(c3C)CC(C)(CN3CCC(C)CC3)O4)CC2)cc1. The second-order valence-corrected chi connectivity index (χ2v) is 11.4. The minimum absolute atomic E-state index is 0.128. The molecule has 1 unspecified atom stereocenters. The number of likely N-dealkylation sites (tertiary alicyclic amines) is 1. The number of fused-ring (bicyclic) bond motifs is 1. The van der Waals surface area contributed by atoms with E-state index in [1.807, 2.05) is 0 Å². The van der Waals surface area contributed by atoms with Crippen LogP contribution in [0.4, 0.5) is 11.4 Å². The second kappa shape index (κ2) is 9.57. The maximum Gasteiger partial charge on any atom is 0.127 e. The van der Waals surface area contributed by atoms with Crippen LogP contribution in [0.25, 0.3) is 0 Å². The van der Waals surface area contributed by atoms with Crippen molar-refractivity contribution in [2.75, 3.05) is 62.7 Å². The van der Waals surface area contributed by atoms with Crippen LogP contribution < -0.4 is 19.3 Å². The quantitative estimate of drug-likeness (QED) is 0.577. The lowest BCUT2D eigenvalue weighted by molar-refractivity contribution is 0.0487. The van der Waals surface area contributed by atoms with Crippen molar-refractivity contribution in [3.63, 3.8) is 0 Å². The summed E-state index contributed by atoms with van der Waals surface area (Å²) < 4.78 is 12.1. The normalized spacial score (nSPS) is 23.4. The van der Waals surface area contributed by atoms with Crippen molar-refractivity contribution in [1.29, 1.82) is 0 Å². The van der Waals surface area contributed by atoms with Crippen LogP contribution >= 0.6 is 0 Å². The van der Waals surface area contributed by atoms with Gasteiger partial charge in [0.2, 0.25) is 0 Å². The van der Waals surface area contributed by atoms with Crippen LogP contribution in [0.3, 0.4) is 0 Å². The maximum atomic E-state index is 6.77. The summed E-state index contributed by atoms with van der Waals surface area (Å²) in [6, 6.07) is 8.46. The number of piperidine rings is 1. The fraction of sp³-hybridized carbons (Fsp3) is 0.600. The Morgan fingerprint density at radius 2 is 1.51 bits per heavy atom. The molecule has 3 aliphatic heterocycles. The minimum Gasteiger partial charge on any atom is -0.497 e. The molecule has 2 aromatic rings. The highest BCUT2D eigenvalue weighted by molar-refractivity contribution is 5.70. The summed E-state index contributed by atoms with van der Waals surface area (Å²) in [4.78, 5) is 7.73. The van der Waals surface area contributed by atoms with Gasteiger partial charge in [0.05, 0.1) is 7.11 Å². The van der Waals surface area contributed by atoms with Crippen LogP contribution in [0.15, 0.2) is 24.3 Å². The van der Waals surface area contributed by atoms with Crippen molar-refractivity contribution in [2.45, 2.75) is 59.5 Å². The number of methoxy groups -OCH3 is 1. The summed E-state index contributed by atoms with van der Waals surface area (Å²) in [6.45, 7) is 19.2. The molecule has 2 saturated heterocycles. The summed E-state index contributed by atoms with van der Waals surface area (Å²) >= 11 is 0. The fourth-order valence-corrected chi connectivity index (χ4v) is 6.41. The molecule has 0 amide bonds. The molecular weight excluding hydrogens is 434 g/mol. The Labute approximate surface area is 212 Å². The van der Waals surface area contributed by atoms with Gasteiger partial charge in [-0.2, -0.15) is 0 Å². The first kappa shape index (κ1) is 24.3. The number of anilines is 2. The summed E-state index contributed by atoms with van der Waals surface area (Å²) in [5, 5.41) is 0. The van der Waals surface area contributed by atoms with E-state index in [1.165, 1.54) is 59.6 Å². The first-order valence-electron chi connectivity index (χ1n) is 13.5.